The lowest BCUT2D eigenvalue weighted by Gasteiger charge is -2.07. The number of aryl methyl sites for hydroxylation is 3. The fraction of sp³-hybridized carbons (Fsp3) is 0.308. The first-order valence-corrected chi connectivity index (χ1v) is 5.29. The van der Waals surface area contributed by atoms with Crippen LogP contribution < -0.4 is 4.74 Å². The Bertz CT molecular complexity index is 515. The van der Waals surface area contributed by atoms with E-state index in [0.717, 1.165) is 5.69 Å². The quantitative estimate of drug-likeness (QED) is 0.838. The van der Waals surface area contributed by atoms with Crippen molar-refractivity contribution in [1.82, 2.24) is 9.97 Å². The molecule has 0 saturated carbocycles. The van der Waals surface area contributed by atoms with Gasteiger partial charge in [0.2, 0.25) is 0 Å². The zero-order valence-electron chi connectivity index (χ0n) is 10.1. The maximum Gasteiger partial charge on any atom is 0.293 e. The highest BCUT2D eigenvalue weighted by atomic mass is 16.5. The van der Waals surface area contributed by atoms with Gasteiger partial charge >= 0.3 is 0 Å². The van der Waals surface area contributed by atoms with Crippen molar-refractivity contribution in [2.45, 2.75) is 20.8 Å². The Balaban J connectivity index is 2.51. The molecule has 1 aromatic carbocycles. The van der Waals surface area contributed by atoms with Crippen LogP contribution in [0, 0.1) is 20.8 Å². The highest BCUT2D eigenvalue weighted by molar-refractivity contribution is 5.65. The number of nitrogens with one attached hydrogen (secondary N) is 1. The smallest absolute Gasteiger partial charge is 0.293 e. The van der Waals surface area contributed by atoms with Crippen LogP contribution in [-0.4, -0.2) is 17.1 Å². The minimum absolute atomic E-state index is 0.549. The summed E-state index contributed by atoms with van der Waals surface area (Å²) in [5.41, 5.74) is 6.02. The SMILES string of the molecule is COc1ncc(-c2cc(C)c(C)cc2C)[nH]1. The lowest BCUT2D eigenvalue weighted by atomic mass is 9.99. The molecular formula is C13H16N2O. The van der Waals surface area contributed by atoms with Crippen LogP contribution in [0.1, 0.15) is 16.7 Å². The first kappa shape index (κ1) is 10.7. The molecule has 3 heteroatoms. The normalized spacial score (nSPS) is 10.5. The Morgan fingerprint density at radius 1 is 1.06 bits per heavy atom. The second kappa shape index (κ2) is 4.00. The van der Waals surface area contributed by atoms with Crippen LogP contribution in [0.5, 0.6) is 6.01 Å². The van der Waals surface area contributed by atoms with Gasteiger partial charge in [-0.05, 0) is 43.5 Å². The largest absolute Gasteiger partial charge is 0.468 e. The third-order valence-electron chi connectivity index (χ3n) is 2.88. The summed E-state index contributed by atoms with van der Waals surface area (Å²) in [5.74, 6) is 0. The van der Waals surface area contributed by atoms with Crippen LogP contribution in [0.15, 0.2) is 18.3 Å². The van der Waals surface area contributed by atoms with Gasteiger partial charge in [0.1, 0.15) is 0 Å². The zero-order chi connectivity index (χ0) is 11.7. The van der Waals surface area contributed by atoms with E-state index in [4.69, 9.17) is 4.74 Å². The summed E-state index contributed by atoms with van der Waals surface area (Å²) >= 11 is 0. The number of rotatable bonds is 2. The van der Waals surface area contributed by atoms with E-state index >= 15 is 0 Å². The predicted molar refractivity (Wildman–Crippen MR) is 64.8 cm³/mol. The third-order valence-corrected chi connectivity index (χ3v) is 2.88. The molecule has 16 heavy (non-hydrogen) atoms. The van der Waals surface area contributed by atoms with Crippen molar-refractivity contribution < 1.29 is 4.74 Å². The first-order chi connectivity index (χ1) is 7.61. The first-order valence-electron chi connectivity index (χ1n) is 5.29. The van der Waals surface area contributed by atoms with Crippen LogP contribution in [-0.2, 0) is 0 Å². The molecule has 0 aliphatic rings. The van der Waals surface area contributed by atoms with E-state index < -0.39 is 0 Å². The number of aromatic nitrogens is 2. The lowest BCUT2D eigenvalue weighted by Crippen LogP contribution is -1.89. The second-order valence-electron chi connectivity index (χ2n) is 4.06. The molecule has 0 bridgehead atoms. The Hall–Kier alpha value is -1.77. The summed E-state index contributed by atoms with van der Waals surface area (Å²) in [6.07, 6.45) is 1.80. The summed E-state index contributed by atoms with van der Waals surface area (Å²) in [5, 5.41) is 0. The third kappa shape index (κ3) is 1.81. The number of imidazole rings is 1. The van der Waals surface area contributed by atoms with Crippen molar-refractivity contribution >= 4 is 0 Å². The van der Waals surface area contributed by atoms with Crippen LogP contribution in [0.25, 0.3) is 11.3 Å². The minimum Gasteiger partial charge on any atom is -0.468 e. The van der Waals surface area contributed by atoms with Crippen molar-refractivity contribution in [2.24, 2.45) is 0 Å². The molecule has 1 aromatic heterocycles. The summed E-state index contributed by atoms with van der Waals surface area (Å²) in [4.78, 5) is 7.26. The number of ether oxygens (including phenoxy) is 1. The van der Waals surface area contributed by atoms with Gasteiger partial charge in [-0.25, -0.2) is 4.98 Å². The molecule has 2 rings (SSSR count). The molecule has 1 heterocycles. The van der Waals surface area contributed by atoms with Crippen molar-refractivity contribution in [3.8, 4) is 17.3 Å². The number of benzene rings is 1. The molecule has 0 atom stereocenters. The van der Waals surface area contributed by atoms with Gasteiger partial charge in [-0.2, -0.15) is 0 Å². The Kier molecular flexibility index (Phi) is 2.69. The summed E-state index contributed by atoms with van der Waals surface area (Å²) in [6.45, 7) is 6.35. The van der Waals surface area contributed by atoms with E-state index in [1.54, 1.807) is 13.3 Å². The van der Waals surface area contributed by atoms with E-state index in [2.05, 4.69) is 42.9 Å². The number of hydrogen-bond donors (Lipinski definition) is 1. The highest BCUT2D eigenvalue weighted by Gasteiger charge is 2.07. The number of methoxy groups -OCH3 is 1. The van der Waals surface area contributed by atoms with Crippen LogP contribution in [0.4, 0.5) is 0 Å². The average Bonchev–Trinajstić information content (AvgIpc) is 2.71. The molecule has 0 saturated heterocycles. The average molecular weight is 216 g/mol. The second-order valence-corrected chi connectivity index (χ2v) is 4.06. The molecule has 0 amide bonds. The molecule has 0 unspecified atom stereocenters. The summed E-state index contributed by atoms with van der Waals surface area (Å²) in [7, 11) is 1.61. The Labute approximate surface area is 95.5 Å². The fourth-order valence-corrected chi connectivity index (χ4v) is 1.79. The van der Waals surface area contributed by atoms with Gasteiger partial charge in [-0.15, -0.1) is 0 Å². The predicted octanol–water partition coefficient (Wildman–Crippen LogP) is 3.01. The van der Waals surface area contributed by atoms with E-state index in [1.807, 2.05) is 0 Å². The molecular weight excluding hydrogens is 200 g/mol. The molecule has 1 N–H and O–H groups in total. The van der Waals surface area contributed by atoms with E-state index in [9.17, 15) is 0 Å². The minimum atomic E-state index is 0.549. The highest BCUT2D eigenvalue weighted by Crippen LogP contribution is 2.26. The van der Waals surface area contributed by atoms with Crippen LogP contribution in [0.3, 0.4) is 0 Å². The van der Waals surface area contributed by atoms with E-state index in [-0.39, 0.29) is 0 Å². The van der Waals surface area contributed by atoms with Gasteiger partial charge in [-0.1, -0.05) is 6.07 Å². The van der Waals surface area contributed by atoms with Gasteiger partial charge in [0.05, 0.1) is 19.0 Å². The summed E-state index contributed by atoms with van der Waals surface area (Å²) < 4.78 is 5.04. The van der Waals surface area contributed by atoms with Gasteiger partial charge < -0.3 is 9.72 Å². The van der Waals surface area contributed by atoms with Gasteiger partial charge in [-0.3, -0.25) is 0 Å². The van der Waals surface area contributed by atoms with E-state index in [1.165, 1.54) is 22.3 Å². The fourth-order valence-electron chi connectivity index (χ4n) is 1.79. The molecule has 0 aliphatic heterocycles. The Morgan fingerprint density at radius 3 is 2.38 bits per heavy atom. The molecule has 0 fully saturated rings. The van der Waals surface area contributed by atoms with Crippen molar-refractivity contribution in [3.63, 3.8) is 0 Å². The molecule has 2 aromatic rings. The van der Waals surface area contributed by atoms with Crippen LogP contribution in [0.2, 0.25) is 0 Å². The van der Waals surface area contributed by atoms with Gasteiger partial charge in [0.15, 0.2) is 0 Å². The van der Waals surface area contributed by atoms with Crippen molar-refractivity contribution in [1.29, 1.82) is 0 Å². The van der Waals surface area contributed by atoms with Gasteiger partial charge in [0.25, 0.3) is 6.01 Å². The zero-order valence-corrected chi connectivity index (χ0v) is 10.1. The van der Waals surface area contributed by atoms with Crippen molar-refractivity contribution in [3.05, 3.63) is 35.0 Å². The maximum atomic E-state index is 5.04. The number of hydrogen-bond acceptors (Lipinski definition) is 2. The number of aromatic amines is 1. The standard InChI is InChI=1S/C13H16N2O/c1-8-5-10(3)11(6-9(8)2)12-7-14-13(15-12)16-4/h5-7H,1-4H3,(H,14,15). The van der Waals surface area contributed by atoms with Crippen molar-refractivity contribution in [2.75, 3.05) is 7.11 Å². The van der Waals surface area contributed by atoms with Crippen LogP contribution >= 0.6 is 0 Å². The Morgan fingerprint density at radius 2 is 1.75 bits per heavy atom. The molecule has 84 valence electrons. The van der Waals surface area contributed by atoms with E-state index in [0.29, 0.717) is 6.01 Å². The number of nitrogens with zero attached hydrogens (tertiary/aromatic N) is 1. The number of H-pyrrole nitrogens is 1. The summed E-state index contributed by atoms with van der Waals surface area (Å²) in [6, 6.07) is 4.92. The molecule has 0 spiro atoms. The van der Waals surface area contributed by atoms with Gasteiger partial charge in [0, 0.05) is 5.56 Å². The topological polar surface area (TPSA) is 37.9 Å². The molecule has 3 nitrogen and oxygen atoms in total. The molecule has 0 radical (unpaired) electrons. The lowest BCUT2D eigenvalue weighted by molar-refractivity contribution is 0.384. The molecule has 0 aliphatic carbocycles. The monoisotopic (exact) mass is 216 g/mol. The maximum absolute atomic E-state index is 5.04.